The van der Waals surface area contributed by atoms with Gasteiger partial charge in [0.2, 0.25) is 11.8 Å². The Morgan fingerprint density at radius 3 is 1.38 bits per heavy atom. The van der Waals surface area contributed by atoms with Crippen molar-refractivity contribution in [3.05, 3.63) is 0 Å². The van der Waals surface area contributed by atoms with Gasteiger partial charge in [0, 0.05) is 39.3 Å². The topological polar surface area (TPSA) is 369 Å². The van der Waals surface area contributed by atoms with E-state index < -0.39 is 144 Å². The Hall–Kier alpha value is -3.33. The lowest BCUT2D eigenvalue weighted by atomic mass is 9.97. The largest absolute Gasteiger partial charge is 0.549 e. The van der Waals surface area contributed by atoms with Crippen LogP contribution in [-0.4, -0.2) is 212 Å². The highest BCUT2D eigenvalue weighted by atomic mass is 16.6. The molecule has 48 heavy (non-hydrogen) atoms. The molecule has 0 aromatic rings. The summed E-state index contributed by atoms with van der Waals surface area (Å²) in [5.74, 6) is -5.35. The van der Waals surface area contributed by atoms with Crippen molar-refractivity contribution in [3.8, 4) is 0 Å². The van der Waals surface area contributed by atoms with Crippen LogP contribution in [0.1, 0.15) is 0 Å². The molecule has 2 rings (SSSR count). The van der Waals surface area contributed by atoms with E-state index in [1.54, 1.807) is 0 Å². The van der Waals surface area contributed by atoms with Gasteiger partial charge >= 0.3 is 0 Å². The zero-order valence-corrected chi connectivity index (χ0v) is 25.3. The van der Waals surface area contributed by atoms with Crippen molar-refractivity contribution in [2.75, 3.05) is 65.6 Å². The predicted octanol–water partition coefficient (Wildman–Crippen LogP) is -12.4. The lowest BCUT2D eigenvalue weighted by molar-refractivity contribution is -0.308. The van der Waals surface area contributed by atoms with Crippen molar-refractivity contribution in [3.63, 3.8) is 0 Å². The Morgan fingerprint density at radius 1 is 0.562 bits per heavy atom. The first-order chi connectivity index (χ1) is 22.5. The molecule has 2 saturated heterocycles. The van der Waals surface area contributed by atoms with E-state index in [4.69, 9.17) is 19.7 Å². The van der Waals surface area contributed by atoms with Gasteiger partial charge < -0.3 is 95.6 Å². The Bertz CT molecular complexity index is 1100. The summed E-state index contributed by atoms with van der Waals surface area (Å²) in [4.78, 5) is 61.9. The van der Waals surface area contributed by atoms with E-state index in [0.717, 1.165) is 9.80 Å². The third kappa shape index (κ3) is 12.0. The van der Waals surface area contributed by atoms with E-state index >= 15 is 0 Å². The molecule has 2 fully saturated rings. The quantitative estimate of drug-likeness (QED) is 0.0635. The Morgan fingerprint density at radius 2 is 0.958 bits per heavy atom. The van der Waals surface area contributed by atoms with Crippen LogP contribution in [0.3, 0.4) is 0 Å². The van der Waals surface area contributed by atoms with Gasteiger partial charge in [-0.15, -0.1) is 0 Å². The summed E-state index contributed by atoms with van der Waals surface area (Å²) < 4.78 is 9.85. The Labute approximate surface area is 272 Å². The molecule has 2 heterocycles. The van der Waals surface area contributed by atoms with Crippen molar-refractivity contribution >= 4 is 29.8 Å². The summed E-state index contributed by atoms with van der Waals surface area (Å²) in [6.07, 6.45) is -15.4. The number of carbonyl (C=O) groups is 5. The number of carboxylic acids is 2. The minimum Gasteiger partial charge on any atom is -0.549 e. The van der Waals surface area contributed by atoms with Gasteiger partial charge in [-0.05, 0) is 0 Å². The zero-order chi connectivity index (χ0) is 36.3. The maximum Gasteiger partial charge on any atom is 0.240 e. The molecule has 23 nitrogen and oxygen atoms in total. The maximum absolute atomic E-state index is 12.6. The number of hydrogen-bond acceptors (Lipinski definition) is 20. The number of aliphatic carboxylic acids is 2. The van der Waals surface area contributed by atoms with Gasteiger partial charge in [0.05, 0.1) is 38.2 Å². The van der Waals surface area contributed by atoms with Crippen LogP contribution in [0.4, 0.5) is 4.79 Å². The van der Waals surface area contributed by atoms with Crippen molar-refractivity contribution in [1.82, 2.24) is 25.3 Å². The number of amides is 3. The summed E-state index contributed by atoms with van der Waals surface area (Å²) in [7, 11) is 0. The van der Waals surface area contributed by atoms with E-state index in [9.17, 15) is 69.9 Å². The number of ether oxygens (including phenoxy) is 2. The predicted molar refractivity (Wildman–Crippen MR) is 144 cm³/mol. The molecule has 0 aliphatic carbocycles. The molecule has 3 amide bonds. The van der Waals surface area contributed by atoms with Crippen LogP contribution in [0.15, 0.2) is 0 Å². The monoisotopic (exact) mass is 698 g/mol. The molecule has 10 atom stereocenters. The second-order valence-electron chi connectivity index (χ2n) is 11.1. The van der Waals surface area contributed by atoms with Crippen LogP contribution in [-0.2, 0) is 28.7 Å². The molecule has 23 heteroatoms. The number of hydrogen-bond donors (Lipinski definition) is 10. The second-order valence-corrected chi connectivity index (χ2v) is 11.1. The molecule has 4 unspecified atom stereocenters. The first kappa shape index (κ1) is 40.8. The molecule has 0 aromatic carbocycles. The third-order valence-electron chi connectivity index (χ3n) is 7.54. The number of nitrogens with one attached hydrogen (secondary N) is 2. The van der Waals surface area contributed by atoms with Crippen molar-refractivity contribution in [2.45, 2.75) is 61.3 Å². The van der Waals surface area contributed by atoms with Crippen LogP contribution in [0.5, 0.6) is 0 Å². The standard InChI is InChI=1S/C25H43N5O18/c31-9-11-19(39)21(41)17(23(43)47-11)26-13(33)5-29(8-16(37)38)2-1-28(7-15(35)36)3-4-30(25(45)46)6-14(34)27-18-22(42)20(40)12(10-32)48-24(18)44/h11-12,17-24,31-32,39-44H,1-10H2,(H,26,33)(H,27,34)(H,35,36)(H,37,38)(H,45,46)/p-3/t11-,12+,17?,18?,19+,20-,21+,22-,23?,24?/m0/s1. The first-order valence-electron chi connectivity index (χ1n) is 14.5. The SMILES string of the molecule is O=C([O-])CN(CCN(CC(=O)[O-])CC(=O)NC1C(O)O[C@@H](CO)[C@@H](O)[C@@H]1O)CCN(CC(=O)NC1C(O)O[C@H](CO)[C@H](O)[C@H]1O)C(=O)[O-]. The van der Waals surface area contributed by atoms with Gasteiger partial charge in [-0.2, -0.15) is 0 Å². The fourth-order valence-electron chi connectivity index (χ4n) is 4.97. The number of aliphatic hydroxyl groups is 8. The fourth-order valence-corrected chi connectivity index (χ4v) is 4.97. The molecular formula is C25H40N5O18-3. The average molecular weight is 699 g/mol. The fraction of sp³-hybridized carbons (Fsp3) is 0.800. The van der Waals surface area contributed by atoms with Gasteiger partial charge in [-0.3, -0.25) is 19.4 Å². The Balaban J connectivity index is 2.00. The minimum absolute atomic E-state index is 0.321. The van der Waals surface area contributed by atoms with Crippen LogP contribution in [0.25, 0.3) is 0 Å². The molecule has 2 aliphatic rings. The molecule has 276 valence electrons. The highest BCUT2D eigenvalue weighted by Crippen LogP contribution is 2.21. The summed E-state index contributed by atoms with van der Waals surface area (Å²) >= 11 is 0. The van der Waals surface area contributed by atoms with E-state index in [0.29, 0.717) is 4.90 Å². The van der Waals surface area contributed by atoms with Crippen LogP contribution in [0, 0.1) is 0 Å². The summed E-state index contributed by atoms with van der Waals surface area (Å²) in [5, 5.41) is 117. The molecule has 0 saturated carbocycles. The van der Waals surface area contributed by atoms with Gasteiger partial charge in [0.25, 0.3) is 0 Å². The molecule has 0 bridgehead atoms. The number of carbonyl (C=O) groups excluding carboxylic acids is 5. The normalized spacial score (nSPS) is 30.5. The number of aliphatic hydroxyl groups excluding tert-OH is 8. The first-order valence-corrected chi connectivity index (χ1v) is 14.5. The molecular weight excluding hydrogens is 658 g/mol. The number of nitrogens with zero attached hydrogens (tertiary/aromatic N) is 3. The molecule has 0 radical (unpaired) electrons. The third-order valence-corrected chi connectivity index (χ3v) is 7.54. The summed E-state index contributed by atoms with van der Waals surface area (Å²) in [5.41, 5.74) is 0. The highest BCUT2D eigenvalue weighted by molar-refractivity contribution is 5.81. The van der Waals surface area contributed by atoms with E-state index in [1.165, 1.54) is 0 Å². The molecule has 2 aliphatic heterocycles. The molecule has 10 N–H and O–H groups in total. The average Bonchev–Trinajstić information content (AvgIpc) is 3.00. The van der Waals surface area contributed by atoms with Crippen LogP contribution >= 0.6 is 0 Å². The summed E-state index contributed by atoms with van der Waals surface area (Å²) in [6, 6.07) is -3.21. The number of carboxylic acid groups (broad SMARTS) is 3. The Kier molecular flexibility index (Phi) is 16.2. The van der Waals surface area contributed by atoms with Gasteiger partial charge in [-0.25, -0.2) is 0 Å². The van der Waals surface area contributed by atoms with Crippen molar-refractivity contribution < 1.29 is 89.6 Å². The second kappa shape index (κ2) is 19.0. The summed E-state index contributed by atoms with van der Waals surface area (Å²) in [6.45, 7) is -6.53. The maximum atomic E-state index is 12.6. The van der Waals surface area contributed by atoms with E-state index in [1.807, 2.05) is 0 Å². The van der Waals surface area contributed by atoms with Crippen LogP contribution in [0.2, 0.25) is 0 Å². The van der Waals surface area contributed by atoms with E-state index in [2.05, 4.69) is 10.6 Å². The molecule has 0 spiro atoms. The minimum atomic E-state index is -1.89. The number of rotatable bonds is 18. The van der Waals surface area contributed by atoms with E-state index in [-0.39, 0.29) is 13.1 Å². The van der Waals surface area contributed by atoms with Gasteiger partial charge in [-0.1, -0.05) is 0 Å². The lowest BCUT2D eigenvalue weighted by Crippen LogP contribution is -2.65. The lowest BCUT2D eigenvalue weighted by Gasteiger charge is -2.40. The smallest absolute Gasteiger partial charge is 0.240 e. The van der Waals surface area contributed by atoms with Crippen molar-refractivity contribution in [1.29, 1.82) is 0 Å². The highest BCUT2D eigenvalue weighted by Gasteiger charge is 2.45. The van der Waals surface area contributed by atoms with Gasteiger partial charge in [0.15, 0.2) is 12.6 Å². The molecule has 0 aromatic heterocycles. The van der Waals surface area contributed by atoms with Crippen molar-refractivity contribution in [2.24, 2.45) is 0 Å². The van der Waals surface area contributed by atoms with Crippen LogP contribution < -0.4 is 26.0 Å². The zero-order valence-electron chi connectivity index (χ0n) is 25.3. The van der Waals surface area contributed by atoms with Gasteiger partial charge in [0.1, 0.15) is 54.8 Å².